The molecule has 6 nitrogen and oxygen atoms in total. The van der Waals surface area contributed by atoms with Crippen molar-refractivity contribution < 1.29 is 4.74 Å². The van der Waals surface area contributed by atoms with Gasteiger partial charge in [-0.15, -0.1) is 0 Å². The average molecular weight is 281 g/mol. The van der Waals surface area contributed by atoms with Crippen molar-refractivity contribution in [3.05, 3.63) is 42.9 Å². The van der Waals surface area contributed by atoms with Crippen molar-refractivity contribution in [2.45, 2.75) is 12.5 Å². The summed E-state index contributed by atoms with van der Waals surface area (Å²) in [6.07, 6.45) is 4.46. The van der Waals surface area contributed by atoms with Crippen molar-refractivity contribution in [2.75, 3.05) is 13.1 Å². The molecule has 0 bridgehead atoms. The molecule has 2 aromatic heterocycles. The van der Waals surface area contributed by atoms with Crippen LogP contribution in [0.5, 0.6) is 5.88 Å². The summed E-state index contributed by atoms with van der Waals surface area (Å²) in [6.45, 7) is 1.85. The molecule has 21 heavy (non-hydrogen) atoms. The largest absolute Gasteiger partial charge is 0.472 e. The summed E-state index contributed by atoms with van der Waals surface area (Å²) in [7, 11) is 0. The second kappa shape index (κ2) is 5.14. The highest BCUT2D eigenvalue weighted by Gasteiger charge is 2.19. The van der Waals surface area contributed by atoms with Crippen molar-refractivity contribution in [2.24, 2.45) is 0 Å². The van der Waals surface area contributed by atoms with Crippen LogP contribution >= 0.6 is 0 Å². The number of para-hydroxylation sites is 1. The number of benzene rings is 1. The van der Waals surface area contributed by atoms with Gasteiger partial charge in [0.1, 0.15) is 17.8 Å². The third-order valence-electron chi connectivity index (χ3n) is 3.62. The molecule has 0 amide bonds. The maximum Gasteiger partial charge on any atom is 0.228 e. The Kier molecular flexibility index (Phi) is 3.01. The summed E-state index contributed by atoms with van der Waals surface area (Å²) < 4.78 is 7.77. The van der Waals surface area contributed by atoms with Crippen LogP contribution in [0.15, 0.2) is 42.9 Å². The fourth-order valence-electron chi connectivity index (χ4n) is 2.56. The highest BCUT2D eigenvalue weighted by molar-refractivity contribution is 5.81. The second-order valence-corrected chi connectivity index (χ2v) is 5.04. The van der Waals surface area contributed by atoms with Crippen LogP contribution in [0.2, 0.25) is 0 Å². The molecule has 0 saturated carbocycles. The van der Waals surface area contributed by atoms with Crippen molar-refractivity contribution in [1.29, 1.82) is 0 Å². The first-order valence-electron chi connectivity index (χ1n) is 7.03. The van der Waals surface area contributed by atoms with E-state index in [0.717, 1.165) is 36.2 Å². The molecule has 1 saturated heterocycles. The zero-order valence-electron chi connectivity index (χ0n) is 11.4. The lowest BCUT2D eigenvalue weighted by Gasteiger charge is -2.11. The third-order valence-corrected chi connectivity index (χ3v) is 3.62. The van der Waals surface area contributed by atoms with Gasteiger partial charge >= 0.3 is 0 Å². The van der Waals surface area contributed by atoms with Gasteiger partial charge in [-0.2, -0.15) is 5.10 Å². The standard InChI is InChI=1S/C15H15N5O/c1-2-4-11(5-3-1)20-14-13(9-19-20)15(18-10-17-14)21-12-6-7-16-8-12/h1-5,9-10,12,16H,6-8H2. The molecule has 1 aliphatic heterocycles. The Hall–Kier alpha value is -2.47. The van der Waals surface area contributed by atoms with E-state index in [9.17, 15) is 0 Å². The molecule has 3 heterocycles. The molecule has 3 aromatic rings. The van der Waals surface area contributed by atoms with Gasteiger partial charge in [-0.05, 0) is 25.1 Å². The topological polar surface area (TPSA) is 64.9 Å². The summed E-state index contributed by atoms with van der Waals surface area (Å²) in [6, 6.07) is 9.93. The SMILES string of the molecule is c1ccc(-n2ncc3c(OC4CCNC4)ncnc32)cc1. The lowest BCUT2D eigenvalue weighted by atomic mass is 10.3. The predicted molar refractivity (Wildman–Crippen MR) is 78.6 cm³/mol. The molecule has 1 fully saturated rings. The van der Waals surface area contributed by atoms with E-state index in [1.807, 2.05) is 30.3 Å². The molecular formula is C15H15N5O. The number of ether oxygens (including phenoxy) is 1. The van der Waals surface area contributed by atoms with E-state index in [1.54, 1.807) is 10.9 Å². The Balaban J connectivity index is 1.75. The van der Waals surface area contributed by atoms with Crippen LogP contribution in [0.4, 0.5) is 0 Å². The number of hydrogen-bond acceptors (Lipinski definition) is 5. The lowest BCUT2D eigenvalue weighted by Crippen LogP contribution is -2.20. The lowest BCUT2D eigenvalue weighted by molar-refractivity contribution is 0.217. The van der Waals surface area contributed by atoms with Crippen LogP contribution in [-0.2, 0) is 0 Å². The van der Waals surface area contributed by atoms with Gasteiger partial charge in [0.25, 0.3) is 0 Å². The average Bonchev–Trinajstić information content (AvgIpc) is 3.18. The van der Waals surface area contributed by atoms with Gasteiger partial charge in [-0.1, -0.05) is 18.2 Å². The van der Waals surface area contributed by atoms with E-state index in [1.165, 1.54) is 6.33 Å². The summed E-state index contributed by atoms with van der Waals surface area (Å²) in [5.41, 5.74) is 1.73. The molecule has 1 N–H and O–H groups in total. The zero-order valence-corrected chi connectivity index (χ0v) is 11.4. The monoisotopic (exact) mass is 281 g/mol. The van der Waals surface area contributed by atoms with Crippen molar-refractivity contribution in [1.82, 2.24) is 25.1 Å². The highest BCUT2D eigenvalue weighted by atomic mass is 16.5. The van der Waals surface area contributed by atoms with Crippen LogP contribution in [0.1, 0.15) is 6.42 Å². The number of nitrogens with one attached hydrogen (secondary N) is 1. The first-order valence-corrected chi connectivity index (χ1v) is 7.03. The number of fused-ring (bicyclic) bond motifs is 1. The molecule has 6 heteroatoms. The minimum atomic E-state index is 0.170. The third kappa shape index (κ3) is 2.23. The molecule has 1 aromatic carbocycles. The van der Waals surface area contributed by atoms with Gasteiger partial charge in [-0.3, -0.25) is 0 Å². The van der Waals surface area contributed by atoms with E-state index in [4.69, 9.17) is 4.74 Å². The molecule has 106 valence electrons. The van der Waals surface area contributed by atoms with Gasteiger partial charge in [0.2, 0.25) is 5.88 Å². The Labute approximate surface area is 121 Å². The van der Waals surface area contributed by atoms with E-state index >= 15 is 0 Å². The number of hydrogen-bond donors (Lipinski definition) is 1. The fourth-order valence-corrected chi connectivity index (χ4v) is 2.56. The Morgan fingerprint density at radius 2 is 2.10 bits per heavy atom. The van der Waals surface area contributed by atoms with Crippen molar-refractivity contribution in [3.8, 4) is 11.6 Å². The van der Waals surface area contributed by atoms with E-state index in [2.05, 4.69) is 20.4 Å². The minimum Gasteiger partial charge on any atom is -0.472 e. The molecule has 0 aliphatic carbocycles. The first-order chi connectivity index (χ1) is 10.4. The van der Waals surface area contributed by atoms with E-state index in [0.29, 0.717) is 5.88 Å². The molecular weight excluding hydrogens is 266 g/mol. The number of nitrogens with zero attached hydrogens (tertiary/aromatic N) is 4. The van der Waals surface area contributed by atoms with Gasteiger partial charge in [0.05, 0.1) is 11.9 Å². The first kappa shape index (κ1) is 12.3. The summed E-state index contributed by atoms with van der Waals surface area (Å²) in [5.74, 6) is 0.607. The minimum absolute atomic E-state index is 0.170. The quantitative estimate of drug-likeness (QED) is 0.789. The van der Waals surface area contributed by atoms with E-state index < -0.39 is 0 Å². The van der Waals surface area contributed by atoms with Gasteiger partial charge in [0, 0.05) is 6.54 Å². The predicted octanol–water partition coefficient (Wildman–Crippen LogP) is 1.56. The summed E-state index contributed by atoms with van der Waals surface area (Å²) in [5, 5.41) is 8.54. The van der Waals surface area contributed by atoms with Crippen molar-refractivity contribution >= 4 is 11.0 Å². The molecule has 1 aliphatic rings. The smallest absolute Gasteiger partial charge is 0.228 e. The summed E-state index contributed by atoms with van der Waals surface area (Å²) in [4.78, 5) is 8.61. The Morgan fingerprint density at radius 3 is 2.90 bits per heavy atom. The summed E-state index contributed by atoms with van der Waals surface area (Å²) >= 11 is 0. The molecule has 0 spiro atoms. The van der Waals surface area contributed by atoms with Crippen LogP contribution in [0, 0.1) is 0 Å². The normalized spacial score (nSPS) is 18.2. The fraction of sp³-hybridized carbons (Fsp3) is 0.267. The Morgan fingerprint density at radius 1 is 1.19 bits per heavy atom. The highest BCUT2D eigenvalue weighted by Crippen LogP contribution is 2.24. The van der Waals surface area contributed by atoms with Crippen LogP contribution in [0.25, 0.3) is 16.7 Å². The number of aromatic nitrogens is 4. The molecule has 1 unspecified atom stereocenters. The molecule has 4 rings (SSSR count). The van der Waals surface area contributed by atoms with Gasteiger partial charge < -0.3 is 10.1 Å². The number of rotatable bonds is 3. The maximum absolute atomic E-state index is 5.97. The Bertz CT molecular complexity index is 749. The molecule has 1 atom stereocenters. The van der Waals surface area contributed by atoms with Crippen LogP contribution in [0.3, 0.4) is 0 Å². The van der Waals surface area contributed by atoms with Gasteiger partial charge in [-0.25, -0.2) is 14.6 Å². The van der Waals surface area contributed by atoms with Gasteiger partial charge in [0.15, 0.2) is 5.65 Å². The maximum atomic E-state index is 5.97. The second-order valence-electron chi connectivity index (χ2n) is 5.04. The van der Waals surface area contributed by atoms with Crippen molar-refractivity contribution in [3.63, 3.8) is 0 Å². The van der Waals surface area contributed by atoms with E-state index in [-0.39, 0.29) is 6.10 Å². The zero-order chi connectivity index (χ0) is 14.1. The molecule has 0 radical (unpaired) electrons. The van der Waals surface area contributed by atoms with Crippen LogP contribution in [-0.4, -0.2) is 38.9 Å². The van der Waals surface area contributed by atoms with Crippen LogP contribution < -0.4 is 10.1 Å².